The molecule has 0 bridgehead atoms. The third kappa shape index (κ3) is 3.00. The molecule has 78 valence electrons. The van der Waals surface area contributed by atoms with E-state index in [0.717, 1.165) is 0 Å². The van der Waals surface area contributed by atoms with E-state index >= 15 is 0 Å². The normalized spacial score (nSPS) is 8.93. The predicted molar refractivity (Wildman–Crippen MR) is 62.9 cm³/mol. The number of esters is 1. The Morgan fingerprint density at radius 3 is 2.93 bits per heavy atom. The van der Waals surface area contributed by atoms with Crippen LogP contribution >= 0.6 is 15.9 Å². The van der Waals surface area contributed by atoms with Gasteiger partial charge in [0.15, 0.2) is 0 Å². The van der Waals surface area contributed by atoms with Gasteiger partial charge in [-0.05, 0) is 18.2 Å². The van der Waals surface area contributed by atoms with Crippen LogP contribution in [0, 0.1) is 11.8 Å². The van der Waals surface area contributed by atoms with Crippen molar-refractivity contribution in [1.29, 1.82) is 0 Å². The zero-order chi connectivity index (χ0) is 11.3. The third-order valence-corrected chi connectivity index (χ3v) is 2.02. The fourth-order valence-corrected chi connectivity index (χ4v) is 1.22. The summed E-state index contributed by atoms with van der Waals surface area (Å²) in [5, 5.41) is 0.554. The van der Waals surface area contributed by atoms with Crippen LogP contribution < -0.4 is 5.73 Å². The summed E-state index contributed by atoms with van der Waals surface area (Å²) >= 11 is 3.19. The molecule has 0 unspecified atom stereocenters. The standard InChI is InChI=1S/C11H10BrNO2/c1-15-11(14)10-7-9(13)5-4-8(10)3-2-6-12/h4-5,7H,6,13H2,1H3. The topological polar surface area (TPSA) is 52.3 Å². The molecule has 4 heteroatoms. The van der Waals surface area contributed by atoms with Gasteiger partial charge in [-0.3, -0.25) is 0 Å². The van der Waals surface area contributed by atoms with Crippen molar-refractivity contribution in [3.63, 3.8) is 0 Å². The van der Waals surface area contributed by atoms with E-state index in [1.54, 1.807) is 18.2 Å². The summed E-state index contributed by atoms with van der Waals surface area (Å²) in [7, 11) is 1.33. The molecule has 0 radical (unpaired) electrons. The number of ether oxygens (including phenoxy) is 1. The lowest BCUT2D eigenvalue weighted by Gasteiger charge is -2.03. The highest BCUT2D eigenvalue weighted by atomic mass is 79.9. The van der Waals surface area contributed by atoms with Crippen LogP contribution in [-0.2, 0) is 4.74 Å². The molecule has 0 aliphatic rings. The Balaban J connectivity index is 3.20. The maximum atomic E-state index is 11.4. The van der Waals surface area contributed by atoms with Crippen LogP contribution in [0.15, 0.2) is 18.2 Å². The first-order valence-electron chi connectivity index (χ1n) is 4.21. The number of methoxy groups -OCH3 is 1. The van der Waals surface area contributed by atoms with Gasteiger partial charge in [-0.1, -0.05) is 27.8 Å². The van der Waals surface area contributed by atoms with Gasteiger partial charge in [0.2, 0.25) is 0 Å². The van der Waals surface area contributed by atoms with Gasteiger partial charge in [0.05, 0.1) is 18.0 Å². The van der Waals surface area contributed by atoms with Gasteiger partial charge < -0.3 is 10.5 Å². The Bertz CT molecular complexity index is 432. The molecule has 3 nitrogen and oxygen atoms in total. The van der Waals surface area contributed by atoms with Crippen molar-refractivity contribution >= 4 is 27.6 Å². The first-order chi connectivity index (χ1) is 7.19. The molecule has 0 saturated heterocycles. The highest BCUT2D eigenvalue weighted by molar-refractivity contribution is 9.09. The fraction of sp³-hybridized carbons (Fsp3) is 0.182. The second-order valence-electron chi connectivity index (χ2n) is 2.73. The van der Waals surface area contributed by atoms with Gasteiger partial charge in [0, 0.05) is 11.3 Å². The quantitative estimate of drug-likeness (QED) is 0.366. The van der Waals surface area contributed by atoms with Gasteiger partial charge in [-0.2, -0.15) is 0 Å². The molecule has 0 heterocycles. The number of halogens is 1. The van der Waals surface area contributed by atoms with Crippen LogP contribution in [0.4, 0.5) is 5.69 Å². The summed E-state index contributed by atoms with van der Waals surface area (Å²) in [5.74, 6) is 5.24. The lowest BCUT2D eigenvalue weighted by molar-refractivity contribution is 0.0600. The molecule has 2 N–H and O–H groups in total. The van der Waals surface area contributed by atoms with Gasteiger partial charge >= 0.3 is 5.97 Å². The highest BCUT2D eigenvalue weighted by Gasteiger charge is 2.10. The minimum absolute atomic E-state index is 0.394. The summed E-state index contributed by atoms with van der Waals surface area (Å²) in [6.07, 6.45) is 0. The van der Waals surface area contributed by atoms with Crippen LogP contribution in [0.1, 0.15) is 15.9 Å². The van der Waals surface area contributed by atoms with E-state index in [2.05, 4.69) is 32.5 Å². The fourth-order valence-electron chi connectivity index (χ4n) is 1.08. The molecule has 0 aliphatic carbocycles. The number of hydrogen-bond donors (Lipinski definition) is 1. The minimum Gasteiger partial charge on any atom is -0.465 e. The first-order valence-corrected chi connectivity index (χ1v) is 5.34. The van der Waals surface area contributed by atoms with E-state index in [9.17, 15) is 4.79 Å². The molecule has 0 amide bonds. The van der Waals surface area contributed by atoms with E-state index < -0.39 is 5.97 Å². The van der Waals surface area contributed by atoms with E-state index in [4.69, 9.17) is 5.73 Å². The number of benzene rings is 1. The molecule has 1 aromatic rings. The van der Waals surface area contributed by atoms with Crippen LogP contribution in [0.2, 0.25) is 0 Å². The second kappa shape index (κ2) is 5.42. The number of anilines is 1. The third-order valence-electron chi connectivity index (χ3n) is 1.74. The molecule has 0 aromatic heterocycles. The summed E-state index contributed by atoms with van der Waals surface area (Å²) < 4.78 is 4.64. The Kier molecular flexibility index (Phi) is 4.19. The molecule has 0 aliphatic heterocycles. The lowest BCUT2D eigenvalue weighted by atomic mass is 10.1. The summed E-state index contributed by atoms with van der Waals surface area (Å²) in [6, 6.07) is 4.96. The van der Waals surface area contributed by atoms with Crippen molar-refractivity contribution in [1.82, 2.24) is 0 Å². The number of nitrogen functional groups attached to an aromatic ring is 1. The smallest absolute Gasteiger partial charge is 0.339 e. The zero-order valence-electron chi connectivity index (χ0n) is 8.21. The maximum Gasteiger partial charge on any atom is 0.339 e. The maximum absolute atomic E-state index is 11.4. The highest BCUT2D eigenvalue weighted by Crippen LogP contribution is 2.13. The molecule has 0 saturated carbocycles. The Hall–Kier alpha value is -1.47. The van der Waals surface area contributed by atoms with E-state index in [1.807, 2.05) is 0 Å². The van der Waals surface area contributed by atoms with Crippen molar-refractivity contribution in [3.8, 4) is 11.8 Å². The first kappa shape index (κ1) is 11.6. The SMILES string of the molecule is COC(=O)c1cc(N)ccc1C#CCBr. The van der Waals surface area contributed by atoms with Gasteiger partial charge in [-0.25, -0.2) is 4.79 Å². The molecular formula is C11H10BrNO2. The summed E-state index contributed by atoms with van der Waals surface area (Å²) in [4.78, 5) is 11.4. The van der Waals surface area contributed by atoms with Crippen molar-refractivity contribution in [2.75, 3.05) is 18.2 Å². The molecule has 0 fully saturated rings. The van der Waals surface area contributed by atoms with Crippen molar-refractivity contribution < 1.29 is 9.53 Å². The van der Waals surface area contributed by atoms with Gasteiger partial charge in [-0.15, -0.1) is 0 Å². The molecule has 1 rings (SSSR count). The lowest BCUT2D eigenvalue weighted by Crippen LogP contribution is -2.05. The van der Waals surface area contributed by atoms with E-state index in [1.165, 1.54) is 7.11 Å². The Morgan fingerprint density at radius 2 is 2.33 bits per heavy atom. The van der Waals surface area contributed by atoms with Crippen LogP contribution in [0.5, 0.6) is 0 Å². The van der Waals surface area contributed by atoms with Crippen LogP contribution in [0.25, 0.3) is 0 Å². The predicted octanol–water partition coefficient (Wildman–Crippen LogP) is 1.80. The number of rotatable bonds is 1. The summed E-state index contributed by atoms with van der Waals surface area (Å²) in [5.41, 5.74) is 7.11. The monoisotopic (exact) mass is 267 g/mol. The van der Waals surface area contributed by atoms with E-state index in [0.29, 0.717) is 22.1 Å². The molecule has 1 aromatic carbocycles. The van der Waals surface area contributed by atoms with Crippen LogP contribution in [0.3, 0.4) is 0 Å². The van der Waals surface area contributed by atoms with Gasteiger partial charge in [0.1, 0.15) is 0 Å². The van der Waals surface area contributed by atoms with Crippen molar-refractivity contribution in [2.45, 2.75) is 0 Å². The minimum atomic E-state index is -0.429. The number of carbonyl (C=O) groups is 1. The average Bonchev–Trinajstić information content (AvgIpc) is 2.26. The second-order valence-corrected chi connectivity index (χ2v) is 3.29. The largest absolute Gasteiger partial charge is 0.465 e. The molecular weight excluding hydrogens is 258 g/mol. The van der Waals surface area contributed by atoms with Crippen LogP contribution in [-0.4, -0.2) is 18.4 Å². The number of carbonyl (C=O) groups excluding carboxylic acids is 1. The Labute approximate surface area is 96.7 Å². The van der Waals surface area contributed by atoms with Gasteiger partial charge in [0.25, 0.3) is 0 Å². The number of nitrogens with two attached hydrogens (primary N) is 1. The molecule has 0 spiro atoms. The number of alkyl halides is 1. The summed E-state index contributed by atoms with van der Waals surface area (Å²) in [6.45, 7) is 0. The Morgan fingerprint density at radius 1 is 1.60 bits per heavy atom. The molecule has 15 heavy (non-hydrogen) atoms. The zero-order valence-corrected chi connectivity index (χ0v) is 9.80. The molecule has 0 atom stereocenters. The van der Waals surface area contributed by atoms with Crippen molar-refractivity contribution in [2.24, 2.45) is 0 Å². The van der Waals surface area contributed by atoms with E-state index in [-0.39, 0.29) is 0 Å². The average molecular weight is 268 g/mol. The van der Waals surface area contributed by atoms with Crippen molar-refractivity contribution in [3.05, 3.63) is 29.3 Å². The number of hydrogen-bond acceptors (Lipinski definition) is 3.